The van der Waals surface area contributed by atoms with Crippen molar-refractivity contribution in [2.24, 2.45) is 11.0 Å². The fourth-order valence-corrected chi connectivity index (χ4v) is 5.93. The first kappa shape index (κ1) is 28.0. The molecule has 2 aliphatic heterocycles. The number of hydrogen-bond donors (Lipinski definition) is 0. The Morgan fingerprint density at radius 1 is 1.08 bits per heavy atom. The Labute approximate surface area is 238 Å². The minimum atomic E-state index is -0.410. The van der Waals surface area contributed by atoms with Crippen LogP contribution in [0, 0.1) is 5.92 Å². The molecule has 0 N–H and O–H groups in total. The summed E-state index contributed by atoms with van der Waals surface area (Å²) in [6.45, 7) is 8.58. The quantitative estimate of drug-likeness (QED) is 0.246. The summed E-state index contributed by atoms with van der Waals surface area (Å²) in [6, 6.07) is 10.8. The average Bonchev–Trinajstić information content (AvgIpc) is 3.21. The molecule has 1 fully saturated rings. The van der Waals surface area contributed by atoms with Gasteiger partial charge in [0, 0.05) is 50.9 Å². The number of nitrogens with zero attached hydrogens (tertiary/aromatic N) is 3. The lowest BCUT2D eigenvalue weighted by atomic mass is 9.83. The molecule has 9 heteroatoms. The van der Waals surface area contributed by atoms with Crippen LogP contribution in [0.3, 0.4) is 0 Å². The number of carbonyl (C=O) groups excluding carboxylic acids is 1. The van der Waals surface area contributed by atoms with E-state index in [2.05, 4.69) is 17.9 Å². The average molecular weight is 581 g/mol. The number of hydrazone groups is 1. The SMILES string of the molecule is CCCN1C/C(=C/c2ccc(Cl)cc2Cl)C2=NN(/C(C)=C\C(=O)OCC)[C@H](c3ccc(Cl)cc3Cl)[C@@H]2C1. The molecule has 4 rings (SSSR count). The van der Waals surface area contributed by atoms with Crippen LogP contribution in [0.1, 0.15) is 44.4 Å². The Hall–Kier alpha value is -2.02. The smallest absolute Gasteiger partial charge is 0.332 e. The number of halogens is 4. The van der Waals surface area contributed by atoms with E-state index < -0.39 is 5.97 Å². The minimum absolute atomic E-state index is 0.00171. The van der Waals surface area contributed by atoms with Gasteiger partial charge in [0.1, 0.15) is 0 Å². The highest BCUT2D eigenvalue weighted by Gasteiger charge is 2.44. The van der Waals surface area contributed by atoms with Crippen molar-refractivity contribution in [1.29, 1.82) is 0 Å². The Balaban J connectivity index is 1.85. The molecule has 0 aromatic heterocycles. The molecule has 0 amide bonds. The summed E-state index contributed by atoms with van der Waals surface area (Å²) in [5, 5.41) is 9.25. The van der Waals surface area contributed by atoms with Crippen molar-refractivity contribution >= 4 is 64.2 Å². The highest BCUT2D eigenvalue weighted by atomic mass is 35.5. The molecule has 5 nitrogen and oxygen atoms in total. The van der Waals surface area contributed by atoms with E-state index in [0.29, 0.717) is 32.4 Å². The Kier molecular flexibility index (Phi) is 9.25. The number of benzene rings is 2. The van der Waals surface area contributed by atoms with E-state index in [0.717, 1.165) is 48.5 Å². The number of hydrogen-bond acceptors (Lipinski definition) is 5. The van der Waals surface area contributed by atoms with Gasteiger partial charge in [-0.1, -0.05) is 65.5 Å². The molecule has 0 bridgehead atoms. The van der Waals surface area contributed by atoms with E-state index in [1.54, 1.807) is 19.1 Å². The Bertz CT molecular complexity index is 1270. The maximum absolute atomic E-state index is 12.3. The summed E-state index contributed by atoms with van der Waals surface area (Å²) in [7, 11) is 0. The van der Waals surface area contributed by atoms with Gasteiger partial charge in [-0.3, -0.25) is 9.91 Å². The number of piperidine rings is 1. The number of fused-ring (bicyclic) bond motifs is 1. The first-order chi connectivity index (χ1) is 17.7. The standard InChI is InChI=1S/C28H29Cl4N3O2/c1-4-10-34-15-19(12-18-6-7-20(29)13-24(18)31)27-23(16-34)28(22-9-8-21(30)14-25(22)32)35(33-27)17(3)11-26(36)37-5-2/h6-9,11-14,23,28H,4-5,10,15-16H2,1-3H3/b17-11-,19-12-/t23-,28-/m1/s1. The number of ether oxygens (including phenoxy) is 1. The topological polar surface area (TPSA) is 45.1 Å². The van der Waals surface area contributed by atoms with E-state index in [9.17, 15) is 4.79 Å². The molecule has 0 saturated carbocycles. The molecule has 1 saturated heterocycles. The van der Waals surface area contributed by atoms with E-state index in [-0.39, 0.29) is 12.0 Å². The third kappa shape index (κ3) is 6.35. The molecule has 37 heavy (non-hydrogen) atoms. The lowest BCUT2D eigenvalue weighted by Gasteiger charge is -2.36. The molecule has 0 aliphatic carbocycles. The second-order valence-electron chi connectivity index (χ2n) is 9.16. The lowest BCUT2D eigenvalue weighted by Crippen LogP contribution is -2.44. The van der Waals surface area contributed by atoms with Crippen LogP contribution in [-0.2, 0) is 9.53 Å². The Morgan fingerprint density at radius 3 is 2.43 bits per heavy atom. The van der Waals surface area contributed by atoms with Crippen LogP contribution in [0.25, 0.3) is 6.08 Å². The number of rotatable bonds is 7. The van der Waals surface area contributed by atoms with Crippen molar-refractivity contribution in [2.45, 2.75) is 33.2 Å². The molecule has 196 valence electrons. The van der Waals surface area contributed by atoms with Crippen molar-refractivity contribution in [3.05, 3.63) is 85.0 Å². The van der Waals surface area contributed by atoms with Crippen molar-refractivity contribution in [1.82, 2.24) is 9.91 Å². The van der Waals surface area contributed by atoms with Crippen LogP contribution in [0.2, 0.25) is 20.1 Å². The summed E-state index contributed by atoms with van der Waals surface area (Å²) in [5.41, 5.74) is 4.46. The molecular weight excluding hydrogens is 552 g/mol. The predicted octanol–water partition coefficient (Wildman–Crippen LogP) is 7.91. The maximum atomic E-state index is 12.3. The second kappa shape index (κ2) is 12.2. The summed E-state index contributed by atoms with van der Waals surface area (Å²) in [6.07, 6.45) is 4.58. The van der Waals surface area contributed by atoms with Crippen LogP contribution in [0.5, 0.6) is 0 Å². The first-order valence-corrected chi connectivity index (χ1v) is 13.8. The van der Waals surface area contributed by atoms with Gasteiger partial charge in [-0.2, -0.15) is 5.10 Å². The van der Waals surface area contributed by atoms with Gasteiger partial charge in [0.2, 0.25) is 0 Å². The molecule has 2 aromatic carbocycles. The number of carbonyl (C=O) groups is 1. The first-order valence-electron chi connectivity index (χ1n) is 12.3. The molecule has 0 unspecified atom stereocenters. The van der Waals surface area contributed by atoms with Gasteiger partial charge in [-0.15, -0.1) is 0 Å². The van der Waals surface area contributed by atoms with Gasteiger partial charge in [0.05, 0.1) is 18.4 Å². The number of esters is 1. The van der Waals surface area contributed by atoms with Gasteiger partial charge >= 0.3 is 5.97 Å². The van der Waals surface area contributed by atoms with E-state index >= 15 is 0 Å². The second-order valence-corrected chi connectivity index (χ2v) is 10.8. The number of likely N-dealkylation sites (tertiary alicyclic amines) is 1. The van der Waals surface area contributed by atoms with Crippen molar-refractivity contribution < 1.29 is 9.53 Å². The fourth-order valence-electron chi connectivity index (χ4n) is 4.95. The zero-order valence-electron chi connectivity index (χ0n) is 21.0. The zero-order valence-corrected chi connectivity index (χ0v) is 24.0. The van der Waals surface area contributed by atoms with E-state index in [1.165, 1.54) is 6.08 Å². The van der Waals surface area contributed by atoms with Gasteiger partial charge in [-0.25, -0.2) is 4.79 Å². The highest BCUT2D eigenvalue weighted by molar-refractivity contribution is 6.36. The predicted molar refractivity (Wildman–Crippen MR) is 154 cm³/mol. The fraction of sp³-hybridized carbons (Fsp3) is 0.357. The van der Waals surface area contributed by atoms with Gasteiger partial charge < -0.3 is 4.74 Å². The highest BCUT2D eigenvalue weighted by Crippen LogP contribution is 2.45. The molecule has 0 spiro atoms. The van der Waals surface area contributed by atoms with Crippen LogP contribution < -0.4 is 0 Å². The summed E-state index contributed by atoms with van der Waals surface area (Å²) < 4.78 is 5.16. The maximum Gasteiger partial charge on any atom is 0.332 e. The van der Waals surface area contributed by atoms with E-state index in [4.69, 9.17) is 56.2 Å². The van der Waals surface area contributed by atoms with Gasteiger partial charge in [-0.05, 0) is 73.9 Å². The summed E-state index contributed by atoms with van der Waals surface area (Å²) in [5.74, 6) is -0.408. The third-order valence-corrected chi connectivity index (χ3v) is 7.60. The minimum Gasteiger partial charge on any atom is -0.463 e. The van der Waals surface area contributed by atoms with Crippen molar-refractivity contribution in [2.75, 3.05) is 26.2 Å². The third-order valence-electron chi connectivity index (χ3n) is 6.48. The largest absolute Gasteiger partial charge is 0.463 e. The lowest BCUT2D eigenvalue weighted by molar-refractivity contribution is -0.137. The van der Waals surface area contributed by atoms with Crippen molar-refractivity contribution in [3.63, 3.8) is 0 Å². The molecule has 0 radical (unpaired) electrons. The Morgan fingerprint density at radius 2 is 1.78 bits per heavy atom. The van der Waals surface area contributed by atoms with Crippen LogP contribution in [0.4, 0.5) is 0 Å². The number of allylic oxidation sites excluding steroid dienone is 1. The summed E-state index contributed by atoms with van der Waals surface area (Å²) in [4.78, 5) is 14.7. The molecule has 2 heterocycles. The molecule has 2 aliphatic rings. The molecule has 2 aromatic rings. The van der Waals surface area contributed by atoms with Crippen LogP contribution in [-0.4, -0.2) is 47.8 Å². The molecule has 2 atom stereocenters. The molecular formula is C28H29Cl4N3O2. The van der Waals surface area contributed by atoms with Crippen LogP contribution >= 0.6 is 46.4 Å². The van der Waals surface area contributed by atoms with E-state index in [1.807, 2.05) is 36.2 Å². The van der Waals surface area contributed by atoms with Gasteiger partial charge in [0.25, 0.3) is 0 Å². The van der Waals surface area contributed by atoms with Crippen molar-refractivity contribution in [3.8, 4) is 0 Å². The van der Waals surface area contributed by atoms with Crippen LogP contribution in [0.15, 0.2) is 58.8 Å². The van der Waals surface area contributed by atoms with Gasteiger partial charge in [0.15, 0.2) is 0 Å². The zero-order chi connectivity index (χ0) is 26.7. The normalized spacial score (nSPS) is 21.3. The summed E-state index contributed by atoms with van der Waals surface area (Å²) >= 11 is 25.6. The monoisotopic (exact) mass is 579 g/mol.